The Balaban J connectivity index is 1.23. The van der Waals surface area contributed by atoms with Gasteiger partial charge in [0.15, 0.2) is 11.7 Å². The first-order chi connectivity index (χ1) is 32.0. The summed E-state index contributed by atoms with van der Waals surface area (Å²) in [6.07, 6.45) is 3.40. The predicted octanol–water partition coefficient (Wildman–Crippen LogP) is -1.72. The van der Waals surface area contributed by atoms with Gasteiger partial charge in [-0.15, -0.1) is 0 Å². The number of fused-ring (bicyclic) bond motifs is 2. The van der Waals surface area contributed by atoms with Crippen molar-refractivity contribution in [1.29, 1.82) is 0 Å². The van der Waals surface area contributed by atoms with Gasteiger partial charge >= 0.3 is 0 Å². The number of dihydropyridines is 2. The SMILES string of the molecule is CN=C(N)NCc1c(CC(CCCO)C2=CNC(N)C=C2)cc2c(c1O)C(=O)c1c(OC3OC(CO)C(O)(CC(CN4C(=O)C=CC4=O)C4=CCNC(N)=C4)C(O)C3O)cc(OC)cc1C2=O. The molecule has 8 atom stereocenters. The van der Waals surface area contributed by atoms with Crippen LogP contribution in [0.25, 0.3) is 0 Å². The summed E-state index contributed by atoms with van der Waals surface area (Å²) in [4.78, 5) is 59.6. The molecule has 2 aromatic rings. The molecule has 4 heterocycles. The number of benzene rings is 2. The van der Waals surface area contributed by atoms with Crippen LogP contribution in [0.5, 0.6) is 17.2 Å². The van der Waals surface area contributed by atoms with E-state index in [1.54, 1.807) is 18.4 Å². The normalized spacial score (nSPS) is 25.6. The fourth-order valence-electron chi connectivity index (χ4n) is 9.10. The molecule has 1 aliphatic carbocycles. The second-order valence-corrected chi connectivity index (χ2v) is 16.8. The lowest BCUT2D eigenvalue weighted by Crippen LogP contribution is -2.68. The molecule has 21 heteroatoms. The highest BCUT2D eigenvalue weighted by atomic mass is 16.7. The highest BCUT2D eigenvalue weighted by Crippen LogP contribution is 2.45. The van der Waals surface area contributed by atoms with E-state index >= 15 is 0 Å². The molecule has 8 unspecified atom stereocenters. The zero-order valence-electron chi connectivity index (χ0n) is 36.8. The molecular formula is C46H56N8O13. The lowest BCUT2D eigenvalue weighted by atomic mass is 9.75. The van der Waals surface area contributed by atoms with Crippen LogP contribution in [0, 0.1) is 11.8 Å². The molecule has 0 saturated carbocycles. The highest BCUT2D eigenvalue weighted by Gasteiger charge is 2.57. The number of amides is 2. The third-order valence-electron chi connectivity index (χ3n) is 12.7. The summed E-state index contributed by atoms with van der Waals surface area (Å²) >= 11 is 0. The van der Waals surface area contributed by atoms with Crippen LogP contribution in [-0.4, -0.2) is 142 Å². The van der Waals surface area contributed by atoms with Crippen molar-refractivity contribution in [2.45, 2.75) is 68.6 Å². The summed E-state index contributed by atoms with van der Waals surface area (Å²) in [6, 6.07) is 4.09. The Hall–Kier alpha value is -6.59. The summed E-state index contributed by atoms with van der Waals surface area (Å²) < 4.78 is 17.6. The largest absolute Gasteiger partial charge is 0.507 e. The summed E-state index contributed by atoms with van der Waals surface area (Å²) in [7, 11) is 2.77. The number of aliphatic imine (C=N–C) groups is 1. The lowest BCUT2D eigenvalue weighted by molar-refractivity contribution is -0.316. The molecule has 2 amide bonds. The monoisotopic (exact) mass is 928 g/mol. The number of imide groups is 1. The molecule has 0 spiro atoms. The molecule has 0 bridgehead atoms. The van der Waals surface area contributed by atoms with Gasteiger partial charge in [-0.1, -0.05) is 12.2 Å². The first-order valence-electron chi connectivity index (χ1n) is 21.6. The number of nitrogens with zero attached hydrogens (tertiary/aromatic N) is 2. The quantitative estimate of drug-likeness (QED) is 0.0407. The average molecular weight is 929 g/mol. The van der Waals surface area contributed by atoms with Crippen molar-refractivity contribution in [1.82, 2.24) is 20.9 Å². The average Bonchev–Trinajstić information content (AvgIpc) is 3.63. The number of phenols is 1. The number of aromatic hydroxyl groups is 1. The van der Waals surface area contributed by atoms with Crippen molar-refractivity contribution in [2.75, 3.05) is 40.5 Å². The van der Waals surface area contributed by atoms with Gasteiger partial charge in [0.05, 0.1) is 36.8 Å². The molecule has 15 N–H and O–H groups in total. The van der Waals surface area contributed by atoms with Crippen LogP contribution in [0.2, 0.25) is 0 Å². The Kier molecular flexibility index (Phi) is 14.5. The Labute approximate surface area is 384 Å². The van der Waals surface area contributed by atoms with Crippen molar-refractivity contribution < 1.29 is 64.0 Å². The lowest BCUT2D eigenvalue weighted by Gasteiger charge is -2.49. The molecule has 7 rings (SSSR count). The standard InChI is InChI=1S/C46H56N8O13/c1-50-45(49)53-19-30-25(12-22(4-3-11-55)24-5-6-33(47)52-18-24)13-28-38(40(30)60)41(61)37-29(39(28)59)15-27(65-2)16-31(37)66-44-42(62)43(63)46(64,32(21-56)67-44)17-26(23-9-10-51-34(48)14-23)20-54-35(57)7-8-36(54)58/h5-9,13-16,18,22,26,32-33,42-44,51-52,55-56,60,62-64H,3-4,10-12,17,19-21,47-48H2,1-2H3,(H3,49,50,53). The van der Waals surface area contributed by atoms with Gasteiger partial charge in [0.2, 0.25) is 12.1 Å². The number of rotatable bonds is 17. The molecule has 1 fully saturated rings. The molecule has 21 nitrogen and oxygen atoms in total. The van der Waals surface area contributed by atoms with Crippen LogP contribution in [-0.2, 0) is 27.3 Å². The number of methoxy groups -OCH3 is 1. The number of ether oxygens (including phenoxy) is 3. The minimum absolute atomic E-state index is 0.0300. The van der Waals surface area contributed by atoms with Crippen molar-refractivity contribution in [3.63, 3.8) is 0 Å². The molecule has 67 heavy (non-hydrogen) atoms. The van der Waals surface area contributed by atoms with Crippen LogP contribution in [0.15, 0.2) is 82.8 Å². The minimum atomic E-state index is -2.45. The zero-order valence-corrected chi connectivity index (χ0v) is 36.8. The maximum Gasteiger partial charge on any atom is 0.253 e. The van der Waals surface area contributed by atoms with Crippen molar-refractivity contribution in [2.24, 2.45) is 34.0 Å². The molecular weight excluding hydrogens is 873 g/mol. The number of aliphatic hydroxyl groups is 5. The van der Waals surface area contributed by atoms with Gasteiger partial charge in [0.1, 0.15) is 41.2 Å². The van der Waals surface area contributed by atoms with Gasteiger partial charge in [-0.05, 0) is 72.6 Å². The topological polar surface area (TPSA) is 347 Å². The molecule has 4 aliphatic heterocycles. The van der Waals surface area contributed by atoms with Crippen LogP contribution in [0.4, 0.5) is 0 Å². The molecule has 0 aromatic heterocycles. The third kappa shape index (κ3) is 9.66. The maximum atomic E-state index is 14.8. The van der Waals surface area contributed by atoms with Crippen LogP contribution >= 0.6 is 0 Å². The number of carbonyl (C=O) groups is 4. The number of hydrogen-bond acceptors (Lipinski definition) is 18. The first kappa shape index (κ1) is 48.3. The fourth-order valence-corrected chi connectivity index (χ4v) is 9.10. The predicted molar refractivity (Wildman–Crippen MR) is 240 cm³/mol. The first-order valence-corrected chi connectivity index (χ1v) is 21.6. The second-order valence-electron chi connectivity index (χ2n) is 16.8. The van der Waals surface area contributed by atoms with Gasteiger partial charge in [-0.2, -0.15) is 0 Å². The van der Waals surface area contributed by atoms with E-state index < -0.39 is 84.4 Å². The summed E-state index contributed by atoms with van der Waals surface area (Å²) in [5.41, 5.74) is 16.6. The maximum absolute atomic E-state index is 14.8. The number of allylic oxidation sites excluding steroid dienone is 3. The smallest absolute Gasteiger partial charge is 0.253 e. The number of hydrogen-bond donors (Lipinski definition) is 12. The summed E-state index contributed by atoms with van der Waals surface area (Å²) in [5, 5.41) is 77.0. The number of guanidine groups is 1. The summed E-state index contributed by atoms with van der Waals surface area (Å²) in [5.74, 6) is -4.47. The third-order valence-corrected chi connectivity index (χ3v) is 12.7. The Bertz CT molecular complexity index is 2480. The van der Waals surface area contributed by atoms with Crippen molar-refractivity contribution in [3.05, 3.63) is 111 Å². The Morgan fingerprint density at radius 1 is 1.04 bits per heavy atom. The molecule has 0 radical (unpaired) electrons. The van der Waals surface area contributed by atoms with Crippen molar-refractivity contribution >= 4 is 29.3 Å². The van der Waals surface area contributed by atoms with Crippen LogP contribution in [0.3, 0.4) is 0 Å². The van der Waals surface area contributed by atoms with E-state index in [0.29, 0.717) is 24.0 Å². The summed E-state index contributed by atoms with van der Waals surface area (Å²) in [6.45, 7) is -1.14. The van der Waals surface area contributed by atoms with Gasteiger partial charge in [-0.25, -0.2) is 0 Å². The molecule has 358 valence electrons. The molecule has 2 aromatic carbocycles. The van der Waals surface area contributed by atoms with E-state index in [2.05, 4.69) is 20.9 Å². The number of phenolic OH excluding ortho intramolecular Hbond substituents is 1. The van der Waals surface area contributed by atoms with E-state index in [1.807, 2.05) is 6.08 Å². The number of ketones is 2. The number of carbonyl (C=O) groups excluding carboxylic acids is 4. The van der Waals surface area contributed by atoms with Gasteiger partial charge < -0.3 is 78.0 Å². The zero-order chi connectivity index (χ0) is 48.3. The Morgan fingerprint density at radius 3 is 2.42 bits per heavy atom. The second kappa shape index (κ2) is 20.1. The van der Waals surface area contributed by atoms with Gasteiger partial charge in [0, 0.05) is 80.3 Å². The van der Waals surface area contributed by atoms with Gasteiger partial charge in [-0.3, -0.25) is 29.1 Å². The number of nitrogens with two attached hydrogens (primary N) is 3. The fraction of sp³-hybridized carbons (Fsp3) is 0.413. The van der Waals surface area contributed by atoms with E-state index in [9.17, 15) is 49.8 Å². The van der Waals surface area contributed by atoms with Crippen LogP contribution in [0.1, 0.15) is 62.2 Å². The number of nitrogens with one attached hydrogen (secondary N) is 3. The molecule has 5 aliphatic rings. The minimum Gasteiger partial charge on any atom is -0.507 e. The van der Waals surface area contributed by atoms with Crippen molar-refractivity contribution in [3.8, 4) is 17.2 Å². The number of aliphatic hydroxyl groups excluding tert-OH is 4. The van der Waals surface area contributed by atoms with E-state index in [0.717, 1.165) is 22.6 Å². The van der Waals surface area contributed by atoms with E-state index in [1.165, 1.54) is 38.4 Å². The van der Waals surface area contributed by atoms with E-state index in [4.69, 9.17) is 31.4 Å². The van der Waals surface area contributed by atoms with Crippen LogP contribution < -0.4 is 42.6 Å². The van der Waals surface area contributed by atoms with E-state index in [-0.39, 0.29) is 89.7 Å². The highest BCUT2D eigenvalue weighted by molar-refractivity contribution is 6.30. The van der Waals surface area contributed by atoms with Gasteiger partial charge in [0.25, 0.3) is 11.8 Å². The Morgan fingerprint density at radius 2 is 1.78 bits per heavy atom. The molecule has 1 saturated heterocycles.